The van der Waals surface area contributed by atoms with E-state index in [0.29, 0.717) is 12.4 Å². The summed E-state index contributed by atoms with van der Waals surface area (Å²) in [6.45, 7) is 1.47. The number of hydrogen-bond donors (Lipinski definition) is 2. The number of hydrogen-bond acceptors (Lipinski definition) is 5. The highest BCUT2D eigenvalue weighted by Gasteiger charge is 2.28. The van der Waals surface area contributed by atoms with Crippen molar-refractivity contribution in [3.8, 4) is 0 Å². The first-order valence-electron chi connectivity index (χ1n) is 5.26. The van der Waals surface area contributed by atoms with Gasteiger partial charge in [-0.15, -0.1) is 0 Å². The van der Waals surface area contributed by atoms with Gasteiger partial charge in [-0.05, 0) is 19.4 Å². The highest BCUT2D eigenvalue weighted by molar-refractivity contribution is 5.80. The summed E-state index contributed by atoms with van der Waals surface area (Å²) in [7, 11) is 0. The number of anilines is 1. The Hall–Kier alpha value is -1.69. The van der Waals surface area contributed by atoms with Crippen LogP contribution in [0.25, 0.3) is 0 Å². The second-order valence-corrected chi connectivity index (χ2v) is 3.96. The number of amides is 1. The molecular weight excluding hydrogens is 206 g/mol. The molecule has 1 atom stereocenters. The number of nitrogen functional groups attached to an aromatic ring is 1. The molecule has 1 aliphatic rings. The minimum Gasteiger partial charge on any atom is -0.382 e. The molecule has 0 aromatic carbocycles. The minimum atomic E-state index is -0.263. The SMILES string of the molecule is NC(=O)C1CCCN1Cc1cnc(N)cn1. The first kappa shape index (κ1) is 10.8. The van der Waals surface area contributed by atoms with Crippen molar-refractivity contribution in [2.45, 2.75) is 25.4 Å². The van der Waals surface area contributed by atoms with E-state index in [1.807, 2.05) is 4.90 Å². The van der Waals surface area contributed by atoms with E-state index in [2.05, 4.69) is 9.97 Å². The number of aromatic nitrogens is 2. The topological polar surface area (TPSA) is 98.1 Å². The fourth-order valence-electron chi connectivity index (χ4n) is 1.99. The molecule has 1 amide bonds. The molecule has 0 aliphatic carbocycles. The summed E-state index contributed by atoms with van der Waals surface area (Å²) in [4.78, 5) is 21.3. The van der Waals surface area contributed by atoms with Crippen LogP contribution in [0.2, 0.25) is 0 Å². The molecule has 0 spiro atoms. The van der Waals surface area contributed by atoms with Crippen molar-refractivity contribution >= 4 is 11.7 Å². The van der Waals surface area contributed by atoms with E-state index in [4.69, 9.17) is 11.5 Å². The van der Waals surface area contributed by atoms with E-state index in [1.54, 1.807) is 6.20 Å². The smallest absolute Gasteiger partial charge is 0.234 e. The Morgan fingerprint density at radius 1 is 1.50 bits per heavy atom. The summed E-state index contributed by atoms with van der Waals surface area (Å²) in [5.41, 5.74) is 11.6. The van der Waals surface area contributed by atoms with Gasteiger partial charge in [0.2, 0.25) is 5.91 Å². The van der Waals surface area contributed by atoms with Crippen LogP contribution in [-0.4, -0.2) is 33.4 Å². The number of primary amides is 1. The van der Waals surface area contributed by atoms with Crippen LogP contribution in [0.3, 0.4) is 0 Å². The molecule has 1 saturated heterocycles. The van der Waals surface area contributed by atoms with Crippen molar-refractivity contribution in [1.82, 2.24) is 14.9 Å². The predicted molar refractivity (Wildman–Crippen MR) is 59.1 cm³/mol. The molecule has 0 radical (unpaired) electrons. The predicted octanol–water partition coefficient (Wildman–Crippen LogP) is -0.492. The van der Waals surface area contributed by atoms with Gasteiger partial charge in [-0.1, -0.05) is 0 Å². The number of carbonyl (C=O) groups is 1. The van der Waals surface area contributed by atoms with Crippen LogP contribution < -0.4 is 11.5 Å². The Bertz CT molecular complexity index is 377. The first-order valence-corrected chi connectivity index (χ1v) is 5.26. The van der Waals surface area contributed by atoms with E-state index < -0.39 is 0 Å². The molecule has 0 bridgehead atoms. The summed E-state index contributed by atoms with van der Waals surface area (Å²) in [5, 5.41) is 0. The summed E-state index contributed by atoms with van der Waals surface area (Å²) in [6.07, 6.45) is 4.98. The van der Waals surface area contributed by atoms with Crippen molar-refractivity contribution in [3.63, 3.8) is 0 Å². The fraction of sp³-hybridized carbons (Fsp3) is 0.500. The number of likely N-dealkylation sites (tertiary alicyclic amines) is 1. The lowest BCUT2D eigenvalue weighted by molar-refractivity contribution is -0.122. The summed E-state index contributed by atoms with van der Waals surface area (Å²) < 4.78 is 0. The standard InChI is InChI=1S/C10H15N5O/c11-9-5-13-7(4-14-9)6-15-3-1-2-8(15)10(12)16/h4-5,8H,1-3,6H2,(H2,11,14)(H2,12,16). The third-order valence-corrected chi connectivity index (χ3v) is 2.78. The van der Waals surface area contributed by atoms with E-state index in [-0.39, 0.29) is 11.9 Å². The van der Waals surface area contributed by atoms with E-state index in [1.165, 1.54) is 6.20 Å². The van der Waals surface area contributed by atoms with Crippen molar-refractivity contribution in [3.05, 3.63) is 18.1 Å². The molecule has 1 aliphatic heterocycles. The Morgan fingerprint density at radius 3 is 2.94 bits per heavy atom. The molecule has 0 saturated carbocycles. The van der Waals surface area contributed by atoms with E-state index in [0.717, 1.165) is 25.1 Å². The van der Waals surface area contributed by atoms with Crippen molar-refractivity contribution in [1.29, 1.82) is 0 Å². The lowest BCUT2D eigenvalue weighted by Gasteiger charge is -2.20. The van der Waals surface area contributed by atoms with Gasteiger partial charge in [0.25, 0.3) is 0 Å². The van der Waals surface area contributed by atoms with Crippen LogP contribution in [0.4, 0.5) is 5.82 Å². The fourth-order valence-corrected chi connectivity index (χ4v) is 1.99. The molecule has 86 valence electrons. The monoisotopic (exact) mass is 221 g/mol. The van der Waals surface area contributed by atoms with Gasteiger partial charge in [-0.2, -0.15) is 0 Å². The highest BCUT2D eigenvalue weighted by atomic mass is 16.1. The molecule has 1 fully saturated rings. The molecule has 6 nitrogen and oxygen atoms in total. The van der Waals surface area contributed by atoms with Gasteiger partial charge in [-0.3, -0.25) is 14.7 Å². The quantitative estimate of drug-likeness (QED) is 0.717. The van der Waals surface area contributed by atoms with Gasteiger partial charge in [0.15, 0.2) is 0 Å². The maximum absolute atomic E-state index is 11.2. The van der Waals surface area contributed by atoms with Crippen LogP contribution >= 0.6 is 0 Å². The number of nitrogens with zero attached hydrogens (tertiary/aromatic N) is 3. The van der Waals surface area contributed by atoms with Crippen molar-refractivity contribution in [2.75, 3.05) is 12.3 Å². The number of rotatable bonds is 3. The Labute approximate surface area is 93.7 Å². The molecule has 1 aromatic heterocycles. The largest absolute Gasteiger partial charge is 0.382 e. The number of nitrogens with two attached hydrogens (primary N) is 2. The molecular formula is C10H15N5O. The average Bonchev–Trinajstić information content (AvgIpc) is 2.69. The molecule has 6 heteroatoms. The van der Waals surface area contributed by atoms with Crippen LogP contribution in [0.5, 0.6) is 0 Å². The van der Waals surface area contributed by atoms with E-state index in [9.17, 15) is 4.79 Å². The number of carbonyl (C=O) groups excluding carboxylic acids is 1. The van der Waals surface area contributed by atoms with Gasteiger partial charge < -0.3 is 11.5 Å². The molecule has 2 heterocycles. The average molecular weight is 221 g/mol. The Balaban J connectivity index is 2.03. The summed E-state index contributed by atoms with van der Waals surface area (Å²) in [6, 6.07) is -0.167. The summed E-state index contributed by atoms with van der Waals surface area (Å²) in [5.74, 6) is 0.137. The van der Waals surface area contributed by atoms with Crippen molar-refractivity contribution in [2.24, 2.45) is 5.73 Å². The van der Waals surface area contributed by atoms with Gasteiger partial charge in [0, 0.05) is 6.54 Å². The van der Waals surface area contributed by atoms with Gasteiger partial charge in [0.1, 0.15) is 5.82 Å². The maximum Gasteiger partial charge on any atom is 0.234 e. The highest BCUT2D eigenvalue weighted by Crippen LogP contribution is 2.18. The Kier molecular flexibility index (Phi) is 3.00. The van der Waals surface area contributed by atoms with Crippen molar-refractivity contribution < 1.29 is 4.79 Å². The van der Waals surface area contributed by atoms with Crippen LogP contribution in [0.15, 0.2) is 12.4 Å². The minimum absolute atomic E-state index is 0.167. The second kappa shape index (κ2) is 4.44. The van der Waals surface area contributed by atoms with Crippen LogP contribution in [0.1, 0.15) is 18.5 Å². The zero-order chi connectivity index (χ0) is 11.5. The van der Waals surface area contributed by atoms with E-state index >= 15 is 0 Å². The Morgan fingerprint density at radius 2 is 2.31 bits per heavy atom. The van der Waals surface area contributed by atoms with Crippen LogP contribution in [0, 0.1) is 0 Å². The molecule has 2 rings (SSSR count). The second-order valence-electron chi connectivity index (χ2n) is 3.96. The zero-order valence-corrected chi connectivity index (χ0v) is 8.97. The maximum atomic E-state index is 11.2. The molecule has 16 heavy (non-hydrogen) atoms. The zero-order valence-electron chi connectivity index (χ0n) is 8.97. The summed E-state index contributed by atoms with van der Waals surface area (Å²) >= 11 is 0. The van der Waals surface area contributed by atoms with Crippen LogP contribution in [-0.2, 0) is 11.3 Å². The lowest BCUT2D eigenvalue weighted by Crippen LogP contribution is -2.39. The third-order valence-electron chi connectivity index (χ3n) is 2.78. The first-order chi connectivity index (χ1) is 7.66. The lowest BCUT2D eigenvalue weighted by atomic mass is 10.2. The molecule has 1 aromatic rings. The van der Waals surface area contributed by atoms with Gasteiger partial charge in [0.05, 0.1) is 24.1 Å². The normalized spacial score (nSPS) is 21.1. The molecule has 4 N–H and O–H groups in total. The van der Waals surface area contributed by atoms with Gasteiger partial charge in [-0.25, -0.2) is 4.98 Å². The molecule has 1 unspecified atom stereocenters. The third kappa shape index (κ3) is 2.27. The van der Waals surface area contributed by atoms with Gasteiger partial charge >= 0.3 is 0 Å².